The van der Waals surface area contributed by atoms with E-state index in [9.17, 15) is 15.2 Å². The Bertz CT molecular complexity index is 1000. The summed E-state index contributed by atoms with van der Waals surface area (Å²) in [4.78, 5) is 14.7. The standard InChI is InChI=1S/C12H19BClN3O3.C11H16ClN3O2.ClH/c1-13(20)17-4-2-16(3-5-17)12-10(14)6-9(7-15-12)11(19)8-18;12-9-5-8(10(17)7-16)6-14-11(9)15-3-1-13-2-4-15;/h6-7,11,18-20H,2-5,8H2,1H3;5-6,10,13,16-17H,1-4,7H2;1H/t11-;10-;/m11./s1. The highest BCUT2D eigenvalue weighted by Crippen LogP contribution is 2.28. The molecule has 2 atom stereocenters. The van der Waals surface area contributed by atoms with Crippen LogP contribution in [0.1, 0.15) is 23.3 Å². The second-order valence-corrected chi connectivity index (χ2v) is 9.75. The third-order valence-corrected chi connectivity index (χ3v) is 6.92. The van der Waals surface area contributed by atoms with Crippen LogP contribution in [0.3, 0.4) is 0 Å². The second-order valence-electron chi connectivity index (χ2n) is 8.94. The van der Waals surface area contributed by atoms with Gasteiger partial charge in [-0.1, -0.05) is 23.2 Å². The first-order valence-corrected chi connectivity index (χ1v) is 13.0. The normalized spacial score (nSPS) is 17.7. The van der Waals surface area contributed by atoms with E-state index in [-0.39, 0.29) is 25.6 Å². The summed E-state index contributed by atoms with van der Waals surface area (Å²) in [5.41, 5.74) is 1.04. The van der Waals surface area contributed by atoms with Crippen molar-refractivity contribution in [2.24, 2.45) is 0 Å². The number of nitrogens with one attached hydrogen (secondary N) is 1. The summed E-state index contributed by atoms with van der Waals surface area (Å²) >= 11 is 12.3. The van der Waals surface area contributed by atoms with Gasteiger partial charge in [0.15, 0.2) is 0 Å². The molecule has 11 nitrogen and oxygen atoms in total. The van der Waals surface area contributed by atoms with Crippen LogP contribution in [0.25, 0.3) is 0 Å². The lowest BCUT2D eigenvalue weighted by Crippen LogP contribution is -2.51. The van der Waals surface area contributed by atoms with E-state index in [2.05, 4.69) is 25.1 Å². The van der Waals surface area contributed by atoms with Gasteiger partial charge in [0.25, 0.3) is 0 Å². The van der Waals surface area contributed by atoms with Gasteiger partial charge in [-0.2, -0.15) is 0 Å². The van der Waals surface area contributed by atoms with Gasteiger partial charge in [-0.3, -0.25) is 0 Å². The number of pyridine rings is 2. The van der Waals surface area contributed by atoms with Crippen LogP contribution in [-0.4, -0.2) is 113 Å². The molecule has 2 aromatic heterocycles. The average Bonchev–Trinajstić information content (AvgIpc) is 2.93. The van der Waals surface area contributed by atoms with Crippen LogP contribution in [0.4, 0.5) is 11.6 Å². The third kappa shape index (κ3) is 8.78. The Balaban J connectivity index is 0.000000263. The van der Waals surface area contributed by atoms with Crippen LogP contribution in [-0.2, 0) is 0 Å². The van der Waals surface area contributed by atoms with Gasteiger partial charge in [0.05, 0.1) is 23.3 Å². The number of aromatic nitrogens is 2. The molecule has 2 aliphatic rings. The van der Waals surface area contributed by atoms with Crippen molar-refractivity contribution in [3.8, 4) is 0 Å². The molecule has 0 unspecified atom stereocenters. The Morgan fingerprint density at radius 1 is 0.842 bits per heavy atom. The minimum absolute atomic E-state index is 0. The predicted molar refractivity (Wildman–Crippen MR) is 153 cm³/mol. The number of hydrogen-bond acceptors (Lipinski definition) is 11. The van der Waals surface area contributed by atoms with Gasteiger partial charge in [0, 0.05) is 75.9 Å². The lowest BCUT2D eigenvalue weighted by atomic mass is 9.84. The molecule has 15 heteroatoms. The van der Waals surface area contributed by atoms with E-state index in [1.807, 2.05) is 4.81 Å². The molecule has 2 aromatic rings. The molecule has 4 rings (SSSR count). The number of hydrogen-bond donors (Lipinski definition) is 6. The fourth-order valence-electron chi connectivity index (χ4n) is 4.12. The molecule has 212 valence electrons. The van der Waals surface area contributed by atoms with Gasteiger partial charge < -0.3 is 45.4 Å². The lowest BCUT2D eigenvalue weighted by molar-refractivity contribution is 0.0953. The highest BCUT2D eigenvalue weighted by Gasteiger charge is 2.24. The highest BCUT2D eigenvalue weighted by molar-refractivity contribution is 6.45. The fraction of sp³-hybridized carbons (Fsp3) is 0.565. The van der Waals surface area contributed by atoms with Crippen LogP contribution in [0.15, 0.2) is 24.5 Å². The number of aliphatic hydroxyl groups is 4. The molecule has 4 heterocycles. The van der Waals surface area contributed by atoms with Crippen LogP contribution in [0.2, 0.25) is 16.9 Å². The predicted octanol–water partition coefficient (Wildman–Crippen LogP) is 0.585. The zero-order chi connectivity index (χ0) is 26.9. The molecule has 0 aromatic carbocycles. The Morgan fingerprint density at radius 2 is 1.26 bits per heavy atom. The second kappa shape index (κ2) is 16.0. The Hall–Kier alpha value is -1.45. The maximum Gasteiger partial charge on any atom is 0.376 e. The van der Waals surface area contributed by atoms with Gasteiger partial charge in [-0.05, 0) is 19.0 Å². The number of nitrogens with zero attached hydrogens (tertiary/aromatic N) is 5. The van der Waals surface area contributed by atoms with E-state index in [1.54, 1.807) is 25.2 Å². The Labute approximate surface area is 239 Å². The molecule has 2 aliphatic heterocycles. The monoisotopic (exact) mass is 592 g/mol. The van der Waals surface area contributed by atoms with Gasteiger partial charge in [-0.15, -0.1) is 12.4 Å². The van der Waals surface area contributed by atoms with Gasteiger partial charge in [0.2, 0.25) is 0 Å². The smallest absolute Gasteiger partial charge is 0.376 e. The van der Waals surface area contributed by atoms with Gasteiger partial charge in [-0.25, -0.2) is 9.97 Å². The summed E-state index contributed by atoms with van der Waals surface area (Å²) in [6.45, 7) is 7.61. The van der Waals surface area contributed by atoms with Crippen LogP contribution >= 0.6 is 35.6 Å². The van der Waals surface area contributed by atoms with Crippen molar-refractivity contribution in [3.05, 3.63) is 45.7 Å². The van der Waals surface area contributed by atoms with E-state index in [0.717, 1.165) is 58.2 Å². The van der Waals surface area contributed by atoms with E-state index < -0.39 is 19.3 Å². The van der Waals surface area contributed by atoms with Crippen molar-refractivity contribution in [1.82, 2.24) is 20.1 Å². The summed E-state index contributed by atoms with van der Waals surface area (Å²) in [6, 6.07) is 3.29. The quantitative estimate of drug-likeness (QED) is 0.251. The summed E-state index contributed by atoms with van der Waals surface area (Å²) in [5, 5.41) is 50.6. The molecule has 0 bridgehead atoms. The topological polar surface area (TPSA) is 149 Å². The van der Waals surface area contributed by atoms with Gasteiger partial charge >= 0.3 is 7.05 Å². The minimum atomic E-state index is -0.957. The summed E-state index contributed by atoms with van der Waals surface area (Å²) in [7, 11) is -0.442. The summed E-state index contributed by atoms with van der Waals surface area (Å²) in [5.74, 6) is 1.41. The third-order valence-electron chi connectivity index (χ3n) is 6.36. The molecule has 2 fully saturated rings. The number of anilines is 2. The average molecular weight is 594 g/mol. The Kier molecular flexibility index (Phi) is 13.8. The molecular weight excluding hydrogens is 557 g/mol. The first kappa shape index (κ1) is 32.8. The van der Waals surface area contributed by atoms with Crippen molar-refractivity contribution in [1.29, 1.82) is 0 Å². The lowest BCUT2D eigenvalue weighted by Gasteiger charge is -2.36. The molecule has 6 N–H and O–H groups in total. The fourth-order valence-corrected chi connectivity index (χ4v) is 4.70. The Morgan fingerprint density at radius 3 is 1.63 bits per heavy atom. The molecule has 38 heavy (non-hydrogen) atoms. The van der Waals surface area contributed by atoms with Gasteiger partial charge in [0.1, 0.15) is 23.8 Å². The maximum atomic E-state index is 9.55. The highest BCUT2D eigenvalue weighted by atomic mass is 35.5. The largest absolute Gasteiger partial charge is 0.437 e. The zero-order valence-corrected chi connectivity index (χ0v) is 23.6. The molecule has 0 radical (unpaired) electrons. The molecular formula is C23H36BCl3N6O5. The summed E-state index contributed by atoms with van der Waals surface area (Å²) < 4.78 is 0. The van der Waals surface area contributed by atoms with Crippen LogP contribution in [0, 0.1) is 0 Å². The number of rotatable bonds is 7. The van der Waals surface area contributed by atoms with E-state index >= 15 is 0 Å². The van der Waals surface area contributed by atoms with E-state index in [0.29, 0.717) is 27.0 Å². The minimum Gasteiger partial charge on any atom is -0.437 e. The van der Waals surface area contributed by atoms with Crippen molar-refractivity contribution in [2.75, 3.05) is 75.4 Å². The first-order chi connectivity index (χ1) is 17.7. The number of piperazine rings is 2. The van der Waals surface area contributed by atoms with Crippen LogP contribution < -0.4 is 15.1 Å². The molecule has 0 saturated carbocycles. The van der Waals surface area contributed by atoms with Crippen molar-refractivity contribution in [2.45, 2.75) is 19.0 Å². The zero-order valence-electron chi connectivity index (χ0n) is 21.2. The van der Waals surface area contributed by atoms with Crippen molar-refractivity contribution < 1.29 is 25.5 Å². The SMILES string of the molecule is CB(O)N1CCN(c2ncc([C@H](O)CO)cc2Cl)CC1.Cl.OC[C@@H](O)c1cnc(N2CCNCC2)c(Cl)c1. The van der Waals surface area contributed by atoms with Crippen LogP contribution in [0.5, 0.6) is 0 Å². The molecule has 0 aliphatic carbocycles. The number of halogens is 3. The maximum absolute atomic E-state index is 9.55. The summed E-state index contributed by atoms with van der Waals surface area (Å²) in [6.07, 6.45) is 1.21. The molecule has 0 amide bonds. The molecule has 2 saturated heterocycles. The number of aliphatic hydroxyl groups excluding tert-OH is 4. The van der Waals surface area contributed by atoms with Crippen molar-refractivity contribution in [3.63, 3.8) is 0 Å². The van der Waals surface area contributed by atoms with E-state index in [4.69, 9.17) is 33.4 Å². The first-order valence-electron chi connectivity index (χ1n) is 12.3. The van der Waals surface area contributed by atoms with Crippen molar-refractivity contribution >= 4 is 54.3 Å². The molecule has 0 spiro atoms. The van der Waals surface area contributed by atoms with E-state index in [1.165, 1.54) is 6.20 Å².